The molecule has 0 aromatic carbocycles. The van der Waals surface area contributed by atoms with Gasteiger partial charge in [0.25, 0.3) is 0 Å². The van der Waals surface area contributed by atoms with Gasteiger partial charge >= 0.3 is 0 Å². The van der Waals surface area contributed by atoms with Crippen molar-refractivity contribution in [2.45, 2.75) is 18.5 Å². The largest absolute Gasteiger partial charge is 0.369 e. The van der Waals surface area contributed by atoms with Gasteiger partial charge < -0.3 is 16.0 Å². The van der Waals surface area contributed by atoms with Crippen molar-refractivity contribution in [1.29, 1.82) is 0 Å². The van der Waals surface area contributed by atoms with E-state index in [0.717, 1.165) is 13.1 Å². The van der Waals surface area contributed by atoms with Crippen LogP contribution in [0.1, 0.15) is 12.8 Å². The van der Waals surface area contributed by atoms with Gasteiger partial charge in [-0.2, -0.15) is 0 Å². The van der Waals surface area contributed by atoms with E-state index in [4.69, 9.17) is 5.73 Å². The van der Waals surface area contributed by atoms with Crippen LogP contribution in [0.3, 0.4) is 0 Å². The number of carbonyl (C=O) groups is 3. The smallest absolute Gasteiger partial charge is 0.233 e. The van der Waals surface area contributed by atoms with E-state index < -0.39 is 35.2 Å². The molecule has 0 aromatic heterocycles. The molecule has 0 aromatic rings. The number of hydrogen-bond acceptors (Lipinski definition) is 5. The third kappa shape index (κ3) is 2.93. The van der Waals surface area contributed by atoms with Crippen molar-refractivity contribution in [2.24, 2.45) is 17.6 Å². The molecule has 7 nitrogen and oxygen atoms in total. The van der Waals surface area contributed by atoms with Crippen molar-refractivity contribution in [3.63, 3.8) is 0 Å². The lowest BCUT2D eigenvalue weighted by Gasteiger charge is -2.40. The SMILES string of the molecule is NC(=O)C1C=CC(N2CCNCC2)=CC1(F)C1CCC(=O)NC1=O. The van der Waals surface area contributed by atoms with Crippen LogP contribution in [0, 0.1) is 11.8 Å². The lowest BCUT2D eigenvalue weighted by Crippen LogP contribution is -2.55. The van der Waals surface area contributed by atoms with Crippen molar-refractivity contribution in [2.75, 3.05) is 26.2 Å². The Morgan fingerprint density at radius 1 is 1.33 bits per heavy atom. The van der Waals surface area contributed by atoms with Gasteiger partial charge in [0.05, 0.1) is 11.8 Å². The summed E-state index contributed by atoms with van der Waals surface area (Å²) in [5, 5.41) is 5.37. The highest BCUT2D eigenvalue weighted by Crippen LogP contribution is 2.41. The van der Waals surface area contributed by atoms with Crippen LogP contribution in [0.4, 0.5) is 4.39 Å². The van der Waals surface area contributed by atoms with Crippen LogP contribution in [0.25, 0.3) is 0 Å². The highest BCUT2D eigenvalue weighted by molar-refractivity contribution is 6.00. The van der Waals surface area contributed by atoms with Crippen LogP contribution in [0.5, 0.6) is 0 Å². The average Bonchev–Trinajstić information content (AvgIpc) is 2.55. The molecule has 4 N–H and O–H groups in total. The van der Waals surface area contributed by atoms with Gasteiger partial charge in [0.1, 0.15) is 0 Å². The summed E-state index contributed by atoms with van der Waals surface area (Å²) in [4.78, 5) is 37.3. The summed E-state index contributed by atoms with van der Waals surface area (Å²) in [6, 6.07) is 0. The molecule has 0 saturated carbocycles. The van der Waals surface area contributed by atoms with Gasteiger partial charge in [-0.3, -0.25) is 19.7 Å². The van der Waals surface area contributed by atoms with E-state index in [1.165, 1.54) is 12.2 Å². The Bertz CT molecular complexity index is 627. The molecule has 3 atom stereocenters. The molecule has 130 valence electrons. The number of primary amides is 1. The summed E-state index contributed by atoms with van der Waals surface area (Å²) in [7, 11) is 0. The molecule has 2 saturated heterocycles. The maximum absolute atomic E-state index is 15.9. The predicted molar refractivity (Wildman–Crippen MR) is 84.1 cm³/mol. The Morgan fingerprint density at radius 2 is 2.04 bits per heavy atom. The second kappa shape index (κ2) is 6.35. The van der Waals surface area contributed by atoms with Gasteiger partial charge in [0.2, 0.25) is 17.7 Å². The number of rotatable bonds is 3. The zero-order valence-electron chi connectivity index (χ0n) is 13.3. The van der Waals surface area contributed by atoms with Gasteiger partial charge in [-0.1, -0.05) is 6.08 Å². The van der Waals surface area contributed by atoms with Gasteiger partial charge in [0.15, 0.2) is 5.67 Å². The maximum Gasteiger partial charge on any atom is 0.233 e. The Hall–Kier alpha value is -2.22. The fourth-order valence-electron chi connectivity index (χ4n) is 3.57. The molecule has 3 amide bonds. The second-order valence-corrected chi connectivity index (χ2v) is 6.38. The second-order valence-electron chi connectivity index (χ2n) is 6.38. The van der Waals surface area contributed by atoms with Gasteiger partial charge in [0, 0.05) is 38.3 Å². The van der Waals surface area contributed by atoms with E-state index in [1.807, 2.05) is 4.90 Å². The number of nitrogens with one attached hydrogen (secondary N) is 2. The van der Waals surface area contributed by atoms with Crippen molar-refractivity contribution in [1.82, 2.24) is 15.5 Å². The number of imide groups is 1. The van der Waals surface area contributed by atoms with Crippen LogP contribution in [0.2, 0.25) is 0 Å². The Kier molecular flexibility index (Phi) is 4.40. The minimum absolute atomic E-state index is 0.0497. The molecule has 0 bridgehead atoms. The number of nitrogens with two attached hydrogens (primary N) is 1. The Balaban J connectivity index is 1.94. The van der Waals surface area contributed by atoms with Crippen LogP contribution in [-0.2, 0) is 14.4 Å². The van der Waals surface area contributed by atoms with E-state index in [9.17, 15) is 14.4 Å². The normalized spacial score (nSPS) is 33.9. The summed E-state index contributed by atoms with van der Waals surface area (Å²) in [5.74, 6) is -4.28. The first-order valence-corrected chi connectivity index (χ1v) is 8.10. The molecule has 2 fully saturated rings. The fourth-order valence-corrected chi connectivity index (χ4v) is 3.57. The van der Waals surface area contributed by atoms with E-state index in [0.29, 0.717) is 18.8 Å². The van der Waals surface area contributed by atoms with Crippen LogP contribution >= 0.6 is 0 Å². The molecule has 8 heteroatoms. The zero-order chi connectivity index (χ0) is 17.3. The Morgan fingerprint density at radius 3 is 2.67 bits per heavy atom. The molecule has 3 unspecified atom stereocenters. The third-order valence-corrected chi connectivity index (χ3v) is 4.87. The number of piperazine rings is 1. The van der Waals surface area contributed by atoms with Crippen molar-refractivity contribution >= 4 is 17.7 Å². The maximum atomic E-state index is 15.9. The first-order chi connectivity index (χ1) is 11.4. The number of carbonyl (C=O) groups excluding carboxylic acids is 3. The van der Waals surface area contributed by atoms with E-state index in [-0.39, 0.29) is 12.8 Å². The number of amides is 3. The third-order valence-electron chi connectivity index (χ3n) is 4.87. The molecule has 24 heavy (non-hydrogen) atoms. The van der Waals surface area contributed by atoms with Crippen LogP contribution in [-0.4, -0.2) is 54.5 Å². The lowest BCUT2D eigenvalue weighted by molar-refractivity contribution is -0.141. The van der Waals surface area contributed by atoms with Gasteiger partial charge in [-0.15, -0.1) is 0 Å². The zero-order valence-corrected chi connectivity index (χ0v) is 13.3. The topological polar surface area (TPSA) is 105 Å². The summed E-state index contributed by atoms with van der Waals surface area (Å²) in [6.07, 6.45) is 4.57. The van der Waals surface area contributed by atoms with Gasteiger partial charge in [-0.25, -0.2) is 4.39 Å². The lowest BCUT2D eigenvalue weighted by atomic mass is 9.71. The number of piperidine rings is 1. The highest BCUT2D eigenvalue weighted by atomic mass is 19.1. The summed E-state index contributed by atoms with van der Waals surface area (Å²) >= 11 is 0. The monoisotopic (exact) mass is 336 g/mol. The first-order valence-electron chi connectivity index (χ1n) is 8.10. The standard InChI is InChI=1S/C16H21FN4O3/c17-16(12-3-4-13(22)20-15(12)24)9-10(1-2-11(16)14(18)23)21-7-5-19-6-8-21/h1-2,9,11-12,19H,3-8H2,(H2,18,23)(H,20,22,24). The quantitative estimate of drug-likeness (QED) is 0.586. The van der Waals surface area contributed by atoms with Crippen molar-refractivity contribution < 1.29 is 18.8 Å². The molecule has 1 aliphatic carbocycles. The number of hydrogen-bond donors (Lipinski definition) is 3. The number of nitrogens with zero attached hydrogens (tertiary/aromatic N) is 1. The summed E-state index contributed by atoms with van der Waals surface area (Å²) in [5.41, 5.74) is 3.77. The fraction of sp³-hybridized carbons (Fsp3) is 0.562. The minimum atomic E-state index is -2.23. The molecule has 3 rings (SSSR count). The van der Waals surface area contributed by atoms with E-state index in [1.54, 1.807) is 6.08 Å². The average molecular weight is 336 g/mol. The molecule has 0 radical (unpaired) electrons. The number of halogens is 1. The number of allylic oxidation sites excluding steroid dienone is 2. The highest BCUT2D eigenvalue weighted by Gasteiger charge is 2.52. The summed E-state index contributed by atoms with van der Waals surface area (Å²) < 4.78 is 15.9. The van der Waals surface area contributed by atoms with Crippen LogP contribution in [0.15, 0.2) is 23.9 Å². The van der Waals surface area contributed by atoms with E-state index >= 15 is 4.39 Å². The predicted octanol–water partition coefficient (Wildman–Crippen LogP) is -0.792. The molecular weight excluding hydrogens is 315 g/mol. The van der Waals surface area contributed by atoms with Crippen molar-refractivity contribution in [3.05, 3.63) is 23.9 Å². The van der Waals surface area contributed by atoms with Gasteiger partial charge in [-0.05, 0) is 18.6 Å². The minimum Gasteiger partial charge on any atom is -0.369 e. The summed E-state index contributed by atoms with van der Waals surface area (Å²) in [6.45, 7) is 2.98. The molecular formula is C16H21FN4O3. The van der Waals surface area contributed by atoms with Crippen molar-refractivity contribution in [3.8, 4) is 0 Å². The Labute approximate surface area is 139 Å². The number of alkyl halides is 1. The molecule has 2 heterocycles. The van der Waals surface area contributed by atoms with E-state index in [2.05, 4.69) is 10.6 Å². The first kappa shape index (κ1) is 16.6. The van der Waals surface area contributed by atoms with Crippen LogP contribution < -0.4 is 16.4 Å². The molecule has 3 aliphatic rings. The molecule has 2 aliphatic heterocycles. The molecule has 0 spiro atoms.